The smallest absolute Gasteiger partial charge is 0.262 e. The first-order valence-corrected chi connectivity index (χ1v) is 20.6. The number of halogens is 1. The minimum atomic E-state index is -0.969. The van der Waals surface area contributed by atoms with Gasteiger partial charge in [0.2, 0.25) is 17.5 Å². The number of amides is 5. The summed E-state index contributed by atoms with van der Waals surface area (Å²) >= 11 is 6.24. The average molecular weight is 804 g/mol. The summed E-state index contributed by atoms with van der Waals surface area (Å²) in [6, 6.07) is 17.3. The lowest BCUT2D eigenvalue weighted by molar-refractivity contribution is -0.164. The molecule has 302 valence electrons. The van der Waals surface area contributed by atoms with Crippen LogP contribution in [-0.4, -0.2) is 77.2 Å². The van der Waals surface area contributed by atoms with E-state index in [1.165, 1.54) is 5.56 Å². The average Bonchev–Trinajstić information content (AvgIpc) is 3.45. The number of carbonyl (C=O) groups is 5. The summed E-state index contributed by atoms with van der Waals surface area (Å²) in [5.41, 5.74) is 4.23. The second-order valence-corrected chi connectivity index (χ2v) is 17.5. The lowest BCUT2D eigenvalue weighted by Gasteiger charge is -2.63. The van der Waals surface area contributed by atoms with Crippen molar-refractivity contribution in [1.82, 2.24) is 20.4 Å². The minimum Gasteiger partial charge on any atom is -0.489 e. The van der Waals surface area contributed by atoms with Crippen molar-refractivity contribution in [3.05, 3.63) is 111 Å². The fourth-order valence-electron chi connectivity index (χ4n) is 9.49. The summed E-state index contributed by atoms with van der Waals surface area (Å²) in [6.45, 7) is 18.4. The molecule has 2 fully saturated rings. The number of carbonyl (C=O) groups excluding carboxylic acids is 5. The van der Waals surface area contributed by atoms with Crippen LogP contribution in [0.25, 0.3) is 10.4 Å². The number of benzene rings is 3. The van der Waals surface area contributed by atoms with Gasteiger partial charge in [-0.05, 0) is 91.7 Å². The van der Waals surface area contributed by atoms with E-state index in [0.717, 1.165) is 74.2 Å². The highest BCUT2D eigenvalue weighted by atomic mass is 35.5. The standard InChI is InChI=1S/C46H50ClN5O6/c1-45(2)43(46(3,4)44(45)58-32-16-18-36(48-5)35(47)27-32)50-39(54)30-13-11-28(12-14-30)10-8-6-7-9-23-51-24-21-29(22-25-51)31-15-17-33-34(26-31)42(57)52(41(33)56)37-19-20-38(53)49-40(37)55/h11-18,21,26-27,37,43-44H,6-10,19-20,22-25H2,1-4H3,(H,50,54)(H,49,53,55). The molecule has 5 amide bonds. The number of piperidine rings is 1. The Morgan fingerprint density at radius 2 is 1.64 bits per heavy atom. The molecule has 0 bridgehead atoms. The first kappa shape index (κ1) is 40.9. The van der Waals surface area contributed by atoms with Crippen LogP contribution in [0.5, 0.6) is 5.75 Å². The third-order valence-electron chi connectivity index (χ3n) is 12.4. The van der Waals surface area contributed by atoms with Crippen LogP contribution in [0, 0.1) is 17.4 Å². The molecule has 3 heterocycles. The molecule has 3 aromatic carbocycles. The molecule has 0 radical (unpaired) electrons. The molecule has 3 aromatic rings. The van der Waals surface area contributed by atoms with Crippen LogP contribution in [-0.2, 0) is 16.0 Å². The Kier molecular flexibility index (Phi) is 11.6. The van der Waals surface area contributed by atoms with Gasteiger partial charge in [0.1, 0.15) is 17.9 Å². The van der Waals surface area contributed by atoms with Gasteiger partial charge in [0.05, 0.1) is 22.7 Å². The molecule has 1 saturated carbocycles. The van der Waals surface area contributed by atoms with Crippen molar-refractivity contribution in [3.8, 4) is 5.75 Å². The zero-order chi connectivity index (χ0) is 41.4. The first-order chi connectivity index (χ1) is 27.7. The van der Waals surface area contributed by atoms with Crippen LogP contribution in [0.15, 0.2) is 66.7 Å². The number of hydrogen-bond acceptors (Lipinski definition) is 7. The van der Waals surface area contributed by atoms with Crippen molar-refractivity contribution in [3.63, 3.8) is 0 Å². The van der Waals surface area contributed by atoms with E-state index >= 15 is 0 Å². The second-order valence-electron chi connectivity index (χ2n) is 17.1. The largest absolute Gasteiger partial charge is 0.489 e. The van der Waals surface area contributed by atoms with Gasteiger partial charge >= 0.3 is 0 Å². The zero-order valence-electron chi connectivity index (χ0n) is 33.5. The Bertz CT molecular complexity index is 2210. The number of aryl methyl sites for hydroxylation is 1. The van der Waals surface area contributed by atoms with Gasteiger partial charge in [-0.3, -0.25) is 39.1 Å². The lowest BCUT2D eigenvalue weighted by atomic mass is 9.49. The van der Waals surface area contributed by atoms with Crippen LogP contribution in [0.2, 0.25) is 5.02 Å². The molecule has 58 heavy (non-hydrogen) atoms. The molecule has 12 heteroatoms. The van der Waals surface area contributed by atoms with Crippen LogP contribution in [0.4, 0.5) is 5.69 Å². The molecule has 3 aliphatic heterocycles. The summed E-state index contributed by atoms with van der Waals surface area (Å²) < 4.78 is 6.37. The molecular formula is C46H50ClN5O6. The number of unbranched alkanes of at least 4 members (excludes halogenated alkanes) is 3. The van der Waals surface area contributed by atoms with Gasteiger partial charge in [-0.1, -0.05) is 82.5 Å². The highest BCUT2D eigenvalue weighted by molar-refractivity contribution is 6.33. The van der Waals surface area contributed by atoms with Gasteiger partial charge in [0, 0.05) is 41.9 Å². The Morgan fingerprint density at radius 3 is 2.31 bits per heavy atom. The SMILES string of the molecule is [C-]#[N+]c1ccc(OC2C(C)(C)C(NC(=O)c3ccc(CCCCCCN4CC=C(c5ccc6c(c5)C(=O)N(C5CCC(=O)NC5=O)C6=O)CC4)cc3)C2(C)C)cc1Cl. The normalized spacial score (nSPS) is 22.4. The highest BCUT2D eigenvalue weighted by Gasteiger charge is 2.64. The Balaban J connectivity index is 0.816. The Hall–Kier alpha value is -5.31. The maximum atomic E-state index is 13.4. The molecule has 7 rings (SSSR count). The van der Waals surface area contributed by atoms with Crippen molar-refractivity contribution in [2.75, 3.05) is 19.6 Å². The van der Waals surface area contributed by atoms with Crippen molar-refractivity contribution in [1.29, 1.82) is 0 Å². The number of rotatable bonds is 13. The van der Waals surface area contributed by atoms with E-state index in [1.54, 1.807) is 30.3 Å². The lowest BCUT2D eigenvalue weighted by Crippen LogP contribution is -2.74. The third-order valence-corrected chi connectivity index (χ3v) is 12.7. The van der Waals surface area contributed by atoms with E-state index in [1.807, 2.05) is 18.2 Å². The van der Waals surface area contributed by atoms with Gasteiger partial charge < -0.3 is 10.1 Å². The van der Waals surface area contributed by atoms with Gasteiger partial charge in [-0.15, -0.1) is 0 Å². The number of fused-ring (bicyclic) bond motifs is 1. The van der Waals surface area contributed by atoms with Gasteiger partial charge in [0.15, 0.2) is 0 Å². The van der Waals surface area contributed by atoms with E-state index in [0.29, 0.717) is 33.1 Å². The fraction of sp³-hybridized carbons (Fsp3) is 0.435. The van der Waals surface area contributed by atoms with Crippen molar-refractivity contribution in [2.45, 2.75) is 97.2 Å². The quantitative estimate of drug-likeness (QED) is 0.103. The van der Waals surface area contributed by atoms with Crippen LogP contribution < -0.4 is 15.4 Å². The molecule has 1 aliphatic carbocycles. The van der Waals surface area contributed by atoms with Crippen LogP contribution in [0.3, 0.4) is 0 Å². The Labute approximate surface area is 344 Å². The fourth-order valence-corrected chi connectivity index (χ4v) is 9.70. The van der Waals surface area contributed by atoms with E-state index < -0.39 is 29.7 Å². The van der Waals surface area contributed by atoms with E-state index in [2.05, 4.69) is 66.3 Å². The summed E-state index contributed by atoms with van der Waals surface area (Å²) in [4.78, 5) is 70.5. The maximum absolute atomic E-state index is 13.4. The second kappa shape index (κ2) is 16.5. The molecule has 1 atom stereocenters. The number of ether oxygens (including phenoxy) is 1. The van der Waals surface area contributed by atoms with Crippen molar-refractivity contribution in [2.24, 2.45) is 10.8 Å². The molecular weight excluding hydrogens is 754 g/mol. The Morgan fingerprint density at radius 1 is 0.914 bits per heavy atom. The minimum absolute atomic E-state index is 0.0931. The van der Waals surface area contributed by atoms with Crippen LogP contribution >= 0.6 is 11.6 Å². The van der Waals surface area contributed by atoms with E-state index in [4.69, 9.17) is 22.9 Å². The number of imide groups is 2. The summed E-state index contributed by atoms with van der Waals surface area (Å²) in [7, 11) is 0. The predicted octanol–water partition coefficient (Wildman–Crippen LogP) is 7.80. The molecule has 0 spiro atoms. The van der Waals surface area contributed by atoms with Crippen LogP contribution in [0.1, 0.15) is 115 Å². The molecule has 1 saturated heterocycles. The van der Waals surface area contributed by atoms with E-state index in [-0.39, 0.29) is 41.7 Å². The molecule has 2 N–H and O–H groups in total. The molecule has 4 aliphatic rings. The molecule has 11 nitrogen and oxygen atoms in total. The van der Waals surface area contributed by atoms with Crippen molar-refractivity contribution < 1.29 is 28.7 Å². The van der Waals surface area contributed by atoms with Gasteiger partial charge in [0.25, 0.3) is 17.7 Å². The highest BCUT2D eigenvalue weighted by Crippen LogP contribution is 2.55. The summed E-state index contributed by atoms with van der Waals surface area (Å²) in [6.07, 6.45) is 8.51. The molecule has 1 unspecified atom stereocenters. The topological polar surface area (TPSA) is 129 Å². The van der Waals surface area contributed by atoms with Gasteiger partial charge in [-0.2, -0.15) is 0 Å². The number of nitrogens with one attached hydrogen (secondary N) is 2. The zero-order valence-corrected chi connectivity index (χ0v) is 34.3. The first-order valence-electron chi connectivity index (χ1n) is 20.2. The van der Waals surface area contributed by atoms with Gasteiger partial charge in [-0.25, -0.2) is 4.85 Å². The number of nitrogens with zero attached hydrogens (tertiary/aromatic N) is 3. The summed E-state index contributed by atoms with van der Waals surface area (Å²) in [5, 5.41) is 5.87. The number of hydrogen-bond donors (Lipinski definition) is 2. The van der Waals surface area contributed by atoms with Crippen molar-refractivity contribution >= 4 is 52.4 Å². The third kappa shape index (κ3) is 8.05. The predicted molar refractivity (Wildman–Crippen MR) is 222 cm³/mol. The maximum Gasteiger partial charge on any atom is 0.262 e. The monoisotopic (exact) mass is 803 g/mol. The van der Waals surface area contributed by atoms with E-state index in [9.17, 15) is 24.0 Å². The summed E-state index contributed by atoms with van der Waals surface area (Å²) in [5.74, 6) is -1.46. The molecule has 0 aromatic heterocycles.